The van der Waals surface area contributed by atoms with E-state index in [1.807, 2.05) is 31.2 Å². The molecule has 0 fully saturated rings. The first-order valence-corrected chi connectivity index (χ1v) is 6.62. The van der Waals surface area contributed by atoms with Gasteiger partial charge in [-0.2, -0.15) is 0 Å². The first-order valence-electron chi connectivity index (χ1n) is 5.83. The van der Waals surface area contributed by atoms with Crippen LogP contribution in [-0.2, 0) is 4.79 Å². The van der Waals surface area contributed by atoms with Crippen molar-refractivity contribution in [3.8, 4) is 0 Å². The molecule has 6 heteroatoms. The summed E-state index contributed by atoms with van der Waals surface area (Å²) in [5, 5.41) is 14.4. The number of halogens is 1. The summed E-state index contributed by atoms with van der Waals surface area (Å²) in [6.07, 6.45) is 0. The molecule has 0 aliphatic rings. The van der Waals surface area contributed by atoms with E-state index in [0.29, 0.717) is 0 Å². The Kier molecular flexibility index (Phi) is 4.94. The minimum Gasteiger partial charge on any atom is -0.409 e. The van der Waals surface area contributed by atoms with E-state index in [0.717, 1.165) is 10.0 Å². The van der Waals surface area contributed by atoms with Crippen molar-refractivity contribution in [2.24, 2.45) is 16.3 Å². The summed E-state index contributed by atoms with van der Waals surface area (Å²) in [6, 6.07) is 7.50. The number of amides is 1. The fourth-order valence-corrected chi connectivity index (χ4v) is 1.72. The number of benzene rings is 1. The number of amidine groups is 1. The average molecular weight is 328 g/mol. The molecule has 19 heavy (non-hydrogen) atoms. The molecular weight excluding hydrogens is 310 g/mol. The molecule has 0 aromatic heterocycles. The summed E-state index contributed by atoms with van der Waals surface area (Å²) in [6.45, 7) is 5.08. The van der Waals surface area contributed by atoms with E-state index in [1.165, 1.54) is 0 Å². The summed E-state index contributed by atoms with van der Waals surface area (Å²) in [5.41, 5.74) is 5.44. The molecule has 1 unspecified atom stereocenters. The highest BCUT2D eigenvalue weighted by Gasteiger charge is 2.33. The molecule has 1 rings (SSSR count). The molecule has 1 atom stereocenters. The second-order valence-electron chi connectivity index (χ2n) is 4.86. The lowest BCUT2D eigenvalue weighted by molar-refractivity contribution is -0.127. The van der Waals surface area contributed by atoms with Crippen LogP contribution in [0.4, 0.5) is 0 Å². The van der Waals surface area contributed by atoms with Gasteiger partial charge in [0.15, 0.2) is 5.84 Å². The highest BCUT2D eigenvalue weighted by molar-refractivity contribution is 9.10. The fraction of sp³-hybridized carbons (Fsp3) is 0.385. The third kappa shape index (κ3) is 3.70. The molecule has 1 aromatic carbocycles. The van der Waals surface area contributed by atoms with Crippen molar-refractivity contribution >= 4 is 27.7 Å². The predicted molar refractivity (Wildman–Crippen MR) is 77.9 cm³/mol. The maximum absolute atomic E-state index is 12.1. The molecule has 0 radical (unpaired) electrons. The van der Waals surface area contributed by atoms with Crippen molar-refractivity contribution in [1.29, 1.82) is 0 Å². The number of nitrogens with two attached hydrogens (primary N) is 1. The monoisotopic (exact) mass is 327 g/mol. The molecule has 4 N–H and O–H groups in total. The molecule has 0 saturated heterocycles. The normalized spacial score (nSPS) is 14.0. The fourth-order valence-electron chi connectivity index (χ4n) is 1.45. The smallest absolute Gasteiger partial charge is 0.233 e. The van der Waals surface area contributed by atoms with E-state index in [1.54, 1.807) is 13.8 Å². The minimum absolute atomic E-state index is 0.118. The van der Waals surface area contributed by atoms with Gasteiger partial charge in [0.2, 0.25) is 5.91 Å². The Bertz CT molecular complexity index is 483. The zero-order valence-corrected chi connectivity index (χ0v) is 12.7. The number of nitrogens with zero attached hydrogens (tertiary/aromatic N) is 1. The molecule has 104 valence electrons. The average Bonchev–Trinajstić information content (AvgIpc) is 2.38. The van der Waals surface area contributed by atoms with E-state index in [2.05, 4.69) is 26.4 Å². The number of oxime groups is 1. The van der Waals surface area contributed by atoms with Crippen LogP contribution in [0.25, 0.3) is 0 Å². The number of rotatable bonds is 4. The van der Waals surface area contributed by atoms with Gasteiger partial charge in [0.1, 0.15) is 5.41 Å². The Labute approximate surface area is 121 Å². The summed E-state index contributed by atoms with van der Waals surface area (Å²) >= 11 is 3.36. The molecule has 0 aliphatic carbocycles. The van der Waals surface area contributed by atoms with Gasteiger partial charge in [-0.1, -0.05) is 33.2 Å². The van der Waals surface area contributed by atoms with Crippen LogP contribution in [0, 0.1) is 5.41 Å². The molecule has 0 heterocycles. The number of carbonyl (C=O) groups excluding carboxylic acids is 1. The highest BCUT2D eigenvalue weighted by atomic mass is 79.9. The van der Waals surface area contributed by atoms with Crippen LogP contribution < -0.4 is 11.1 Å². The highest BCUT2D eigenvalue weighted by Crippen LogP contribution is 2.20. The van der Waals surface area contributed by atoms with Crippen LogP contribution in [0.3, 0.4) is 0 Å². The Morgan fingerprint density at radius 2 is 1.95 bits per heavy atom. The molecule has 0 saturated carbocycles. The second kappa shape index (κ2) is 6.06. The van der Waals surface area contributed by atoms with E-state index < -0.39 is 5.41 Å². The predicted octanol–water partition coefficient (Wildman–Crippen LogP) is 2.40. The summed E-state index contributed by atoms with van der Waals surface area (Å²) < 4.78 is 0.978. The van der Waals surface area contributed by atoms with Crippen LogP contribution in [0.2, 0.25) is 0 Å². The summed E-state index contributed by atoms with van der Waals surface area (Å²) in [4.78, 5) is 12.1. The van der Waals surface area contributed by atoms with Gasteiger partial charge in [0.25, 0.3) is 0 Å². The van der Waals surface area contributed by atoms with E-state index >= 15 is 0 Å². The molecule has 1 aromatic rings. The van der Waals surface area contributed by atoms with Gasteiger partial charge in [-0.05, 0) is 38.5 Å². The van der Waals surface area contributed by atoms with Gasteiger partial charge in [0.05, 0.1) is 6.04 Å². The quantitative estimate of drug-likeness (QED) is 0.343. The second-order valence-corrected chi connectivity index (χ2v) is 5.77. The van der Waals surface area contributed by atoms with E-state index in [4.69, 9.17) is 10.9 Å². The SMILES string of the molecule is CC(NC(=O)C(C)(C)C(N)=NO)c1ccc(Br)cc1. The third-order valence-electron chi connectivity index (χ3n) is 3.03. The largest absolute Gasteiger partial charge is 0.409 e. The van der Waals surface area contributed by atoms with Gasteiger partial charge < -0.3 is 16.3 Å². The van der Waals surface area contributed by atoms with Crippen LogP contribution in [0.5, 0.6) is 0 Å². The van der Waals surface area contributed by atoms with Crippen LogP contribution in [0.15, 0.2) is 33.9 Å². The maximum atomic E-state index is 12.1. The maximum Gasteiger partial charge on any atom is 0.233 e. The van der Waals surface area contributed by atoms with Gasteiger partial charge in [-0.3, -0.25) is 4.79 Å². The van der Waals surface area contributed by atoms with Crippen molar-refractivity contribution in [2.45, 2.75) is 26.8 Å². The molecule has 0 bridgehead atoms. The number of carbonyl (C=O) groups is 1. The third-order valence-corrected chi connectivity index (χ3v) is 3.56. The van der Waals surface area contributed by atoms with Crippen molar-refractivity contribution in [2.75, 3.05) is 0 Å². The standard InChI is InChI=1S/C13H18BrN3O2/c1-8(9-4-6-10(14)7-5-9)16-12(18)13(2,3)11(15)17-19/h4-8,19H,1-3H3,(H2,15,17)(H,16,18). The van der Waals surface area contributed by atoms with Gasteiger partial charge >= 0.3 is 0 Å². The lowest BCUT2D eigenvalue weighted by atomic mass is 9.90. The van der Waals surface area contributed by atoms with E-state index in [9.17, 15) is 4.79 Å². The van der Waals surface area contributed by atoms with Crippen molar-refractivity contribution < 1.29 is 10.0 Å². The molecule has 0 spiro atoms. The van der Waals surface area contributed by atoms with Crippen molar-refractivity contribution in [3.63, 3.8) is 0 Å². The van der Waals surface area contributed by atoms with Gasteiger partial charge in [0, 0.05) is 4.47 Å². The zero-order chi connectivity index (χ0) is 14.6. The molecule has 1 amide bonds. The van der Waals surface area contributed by atoms with Crippen LogP contribution >= 0.6 is 15.9 Å². The minimum atomic E-state index is -1.06. The summed E-state index contributed by atoms with van der Waals surface area (Å²) in [5.74, 6) is -0.411. The number of hydrogen-bond donors (Lipinski definition) is 3. The van der Waals surface area contributed by atoms with Crippen LogP contribution in [0.1, 0.15) is 32.4 Å². The zero-order valence-electron chi connectivity index (χ0n) is 11.1. The summed E-state index contributed by atoms with van der Waals surface area (Å²) in [7, 11) is 0. The molecule has 5 nitrogen and oxygen atoms in total. The Morgan fingerprint density at radius 3 is 2.42 bits per heavy atom. The number of nitrogens with one attached hydrogen (secondary N) is 1. The molecular formula is C13H18BrN3O2. The van der Waals surface area contributed by atoms with Gasteiger partial charge in [-0.25, -0.2) is 0 Å². The Balaban J connectivity index is 2.80. The Hall–Kier alpha value is -1.56. The first-order chi connectivity index (χ1) is 8.78. The topological polar surface area (TPSA) is 87.7 Å². The lowest BCUT2D eigenvalue weighted by Crippen LogP contribution is -2.46. The molecule has 0 aliphatic heterocycles. The van der Waals surface area contributed by atoms with Crippen molar-refractivity contribution in [3.05, 3.63) is 34.3 Å². The van der Waals surface area contributed by atoms with Crippen molar-refractivity contribution in [1.82, 2.24) is 5.32 Å². The van der Waals surface area contributed by atoms with E-state index in [-0.39, 0.29) is 17.8 Å². The van der Waals surface area contributed by atoms with Gasteiger partial charge in [-0.15, -0.1) is 0 Å². The number of hydrogen-bond acceptors (Lipinski definition) is 3. The Morgan fingerprint density at radius 1 is 1.42 bits per heavy atom. The first kappa shape index (κ1) is 15.5. The van der Waals surface area contributed by atoms with Crippen LogP contribution in [-0.4, -0.2) is 17.0 Å². The lowest BCUT2D eigenvalue weighted by Gasteiger charge is -2.24.